The second-order valence-corrected chi connectivity index (χ2v) is 9.58. The van der Waals surface area contributed by atoms with E-state index in [1.54, 1.807) is 17.5 Å². The molecule has 2 aliphatic rings. The number of likely N-dealkylation sites (tertiary alicyclic amines) is 1. The molecule has 5 rings (SSSR count). The third-order valence-electron chi connectivity index (χ3n) is 6.05. The summed E-state index contributed by atoms with van der Waals surface area (Å²) < 4.78 is 5.27. The van der Waals surface area contributed by atoms with Crippen LogP contribution in [0.3, 0.4) is 0 Å². The smallest absolute Gasteiger partial charge is 0.417 e. The summed E-state index contributed by atoms with van der Waals surface area (Å²) in [7, 11) is 0. The van der Waals surface area contributed by atoms with Crippen LogP contribution in [-0.4, -0.2) is 39.7 Å². The Morgan fingerprint density at radius 2 is 1.72 bits per heavy atom. The number of anilines is 2. The number of rotatable bonds is 7. The van der Waals surface area contributed by atoms with Crippen LogP contribution in [0.1, 0.15) is 31.2 Å². The van der Waals surface area contributed by atoms with Gasteiger partial charge in [0.2, 0.25) is 17.7 Å². The van der Waals surface area contributed by atoms with Crippen molar-refractivity contribution in [3.8, 4) is 11.3 Å². The highest BCUT2D eigenvalue weighted by Crippen LogP contribution is 2.31. The zero-order valence-corrected chi connectivity index (χ0v) is 20.1. The minimum Gasteiger partial charge on any atom is -0.444 e. The van der Waals surface area contributed by atoms with Gasteiger partial charge in [-0.1, -0.05) is 42.5 Å². The van der Waals surface area contributed by atoms with Crippen molar-refractivity contribution in [1.29, 1.82) is 0 Å². The number of carbonyl (C=O) groups is 4. The Labute approximate surface area is 211 Å². The molecule has 1 aliphatic carbocycles. The van der Waals surface area contributed by atoms with Crippen LogP contribution in [-0.2, 0) is 25.7 Å². The van der Waals surface area contributed by atoms with E-state index in [2.05, 4.69) is 15.6 Å². The fraction of sp³-hybridized carbons (Fsp3) is 0.269. The molecule has 36 heavy (non-hydrogen) atoms. The Bertz CT molecular complexity index is 1290. The first kappa shape index (κ1) is 23.7. The molecule has 0 bridgehead atoms. The van der Waals surface area contributed by atoms with Crippen molar-refractivity contribution in [2.45, 2.75) is 38.3 Å². The van der Waals surface area contributed by atoms with Crippen molar-refractivity contribution in [3.05, 3.63) is 65.5 Å². The average Bonchev–Trinajstić information content (AvgIpc) is 3.53. The van der Waals surface area contributed by atoms with Gasteiger partial charge in [0, 0.05) is 29.0 Å². The van der Waals surface area contributed by atoms with Crippen molar-refractivity contribution in [3.63, 3.8) is 0 Å². The van der Waals surface area contributed by atoms with Gasteiger partial charge in [0.15, 0.2) is 5.13 Å². The van der Waals surface area contributed by atoms with E-state index >= 15 is 0 Å². The molecule has 2 fully saturated rings. The molecule has 184 valence electrons. The van der Waals surface area contributed by atoms with Gasteiger partial charge in [-0.2, -0.15) is 0 Å². The number of nitrogens with one attached hydrogen (secondary N) is 2. The predicted molar refractivity (Wildman–Crippen MR) is 134 cm³/mol. The lowest BCUT2D eigenvalue weighted by molar-refractivity contribution is -0.131. The normalized spacial score (nSPS) is 17.1. The molecule has 10 heteroatoms. The van der Waals surface area contributed by atoms with Crippen LogP contribution >= 0.6 is 11.3 Å². The molecule has 0 radical (unpaired) electrons. The summed E-state index contributed by atoms with van der Waals surface area (Å²) in [5, 5.41) is 7.78. The molecule has 2 heterocycles. The highest BCUT2D eigenvalue weighted by Gasteiger charge is 2.41. The number of imide groups is 1. The van der Waals surface area contributed by atoms with Crippen molar-refractivity contribution in [2.24, 2.45) is 5.92 Å². The zero-order valence-electron chi connectivity index (χ0n) is 19.3. The van der Waals surface area contributed by atoms with Gasteiger partial charge >= 0.3 is 6.09 Å². The maximum absolute atomic E-state index is 12.9. The van der Waals surface area contributed by atoms with E-state index in [1.165, 1.54) is 11.3 Å². The van der Waals surface area contributed by atoms with Gasteiger partial charge in [0.25, 0.3) is 0 Å². The molecule has 1 atom stereocenters. The number of benzene rings is 2. The standard InChI is InChI=1S/C26H24N4O5S/c31-22-13-12-21(30(22)26(34)35-14-16-4-2-1-3-5-16)24(33)29-25-28-20(15-36-25)17-8-10-19(11-9-17)27-23(32)18-6-7-18/h1-5,8-11,15,18,21H,6-7,12-14H2,(H,27,32)(H,28,29,33)/t21-/m0/s1. The first-order valence-electron chi connectivity index (χ1n) is 11.7. The fourth-order valence-corrected chi connectivity index (χ4v) is 4.64. The number of aromatic nitrogens is 1. The van der Waals surface area contributed by atoms with Gasteiger partial charge < -0.3 is 15.4 Å². The summed E-state index contributed by atoms with van der Waals surface area (Å²) in [5.74, 6) is -0.755. The van der Waals surface area contributed by atoms with Crippen LogP contribution < -0.4 is 10.6 Å². The van der Waals surface area contributed by atoms with Crippen molar-refractivity contribution >= 4 is 46.0 Å². The van der Waals surface area contributed by atoms with Crippen LogP contribution in [0, 0.1) is 5.92 Å². The molecule has 9 nitrogen and oxygen atoms in total. The maximum atomic E-state index is 12.9. The van der Waals surface area contributed by atoms with Crippen molar-refractivity contribution in [2.75, 3.05) is 10.6 Å². The summed E-state index contributed by atoms with van der Waals surface area (Å²) in [4.78, 5) is 55.1. The van der Waals surface area contributed by atoms with Gasteiger partial charge in [-0.05, 0) is 37.0 Å². The third kappa shape index (κ3) is 5.44. The number of amides is 4. The molecular weight excluding hydrogens is 480 g/mol. The predicted octanol–water partition coefficient (Wildman–Crippen LogP) is 4.42. The second-order valence-electron chi connectivity index (χ2n) is 8.73. The van der Waals surface area contributed by atoms with Gasteiger partial charge in [-0.15, -0.1) is 11.3 Å². The van der Waals surface area contributed by atoms with E-state index in [1.807, 2.05) is 42.5 Å². The summed E-state index contributed by atoms with van der Waals surface area (Å²) in [5.41, 5.74) is 3.01. The van der Waals surface area contributed by atoms with Gasteiger partial charge in [0.05, 0.1) is 5.69 Å². The number of thiazole rings is 1. The monoisotopic (exact) mass is 504 g/mol. The average molecular weight is 505 g/mol. The Morgan fingerprint density at radius 1 is 0.972 bits per heavy atom. The summed E-state index contributed by atoms with van der Waals surface area (Å²) in [6.45, 7) is 0.0106. The molecule has 2 N–H and O–H groups in total. The third-order valence-corrected chi connectivity index (χ3v) is 6.80. The minimum atomic E-state index is -0.956. The lowest BCUT2D eigenvalue weighted by Crippen LogP contribution is -2.45. The molecule has 1 aliphatic heterocycles. The first-order chi connectivity index (χ1) is 17.5. The number of carbonyl (C=O) groups excluding carboxylic acids is 4. The van der Waals surface area contributed by atoms with E-state index in [9.17, 15) is 19.2 Å². The van der Waals surface area contributed by atoms with Crippen LogP contribution in [0.25, 0.3) is 11.3 Å². The van der Waals surface area contributed by atoms with E-state index in [0.717, 1.165) is 34.6 Å². The maximum Gasteiger partial charge on any atom is 0.417 e. The highest BCUT2D eigenvalue weighted by molar-refractivity contribution is 7.14. The van der Waals surface area contributed by atoms with Crippen molar-refractivity contribution < 1.29 is 23.9 Å². The molecule has 1 saturated carbocycles. The summed E-state index contributed by atoms with van der Waals surface area (Å²) in [6.07, 6.45) is 1.36. The lowest BCUT2D eigenvalue weighted by atomic mass is 10.1. The minimum absolute atomic E-state index is 0.0106. The molecule has 3 aromatic rings. The Hall–Kier alpha value is -4.05. The fourth-order valence-electron chi connectivity index (χ4n) is 3.92. The molecule has 4 amide bonds. The Balaban J connectivity index is 1.19. The summed E-state index contributed by atoms with van der Waals surface area (Å²) >= 11 is 1.24. The van der Waals surface area contributed by atoms with Gasteiger partial charge in [-0.3, -0.25) is 14.4 Å². The topological polar surface area (TPSA) is 118 Å². The van der Waals surface area contributed by atoms with Gasteiger partial charge in [0.1, 0.15) is 12.6 Å². The van der Waals surface area contributed by atoms with E-state index < -0.39 is 23.9 Å². The second kappa shape index (κ2) is 10.3. The van der Waals surface area contributed by atoms with Crippen molar-refractivity contribution in [1.82, 2.24) is 9.88 Å². The molecule has 1 aromatic heterocycles. The molecular formula is C26H24N4O5S. The van der Waals surface area contributed by atoms with E-state index in [0.29, 0.717) is 10.8 Å². The zero-order chi connectivity index (χ0) is 25.1. The lowest BCUT2D eigenvalue weighted by Gasteiger charge is -2.21. The molecule has 0 spiro atoms. The Kier molecular flexibility index (Phi) is 6.77. The first-order valence-corrected chi connectivity index (χ1v) is 12.6. The molecule has 2 aromatic carbocycles. The number of hydrogen-bond acceptors (Lipinski definition) is 7. The largest absolute Gasteiger partial charge is 0.444 e. The number of ether oxygens (including phenoxy) is 1. The van der Waals surface area contributed by atoms with Crippen LogP contribution in [0.15, 0.2) is 60.0 Å². The molecule has 1 saturated heterocycles. The van der Waals surface area contributed by atoms with Crippen LogP contribution in [0.5, 0.6) is 0 Å². The van der Waals surface area contributed by atoms with Crippen LogP contribution in [0.4, 0.5) is 15.6 Å². The SMILES string of the molecule is O=C(Nc1ccc(-c2csc(NC(=O)[C@@H]3CCC(=O)N3C(=O)OCc3ccccc3)n2)cc1)C1CC1. The van der Waals surface area contributed by atoms with Gasteiger partial charge in [-0.25, -0.2) is 14.7 Å². The summed E-state index contributed by atoms with van der Waals surface area (Å²) in [6, 6.07) is 15.5. The quantitative estimate of drug-likeness (QED) is 0.492. The van der Waals surface area contributed by atoms with Crippen LogP contribution in [0.2, 0.25) is 0 Å². The molecule has 0 unspecified atom stereocenters. The number of hydrogen-bond donors (Lipinski definition) is 2. The highest BCUT2D eigenvalue weighted by atomic mass is 32.1. The Morgan fingerprint density at radius 3 is 2.44 bits per heavy atom. The van der Waals surface area contributed by atoms with E-state index in [4.69, 9.17) is 4.74 Å². The van der Waals surface area contributed by atoms with E-state index in [-0.39, 0.29) is 31.3 Å². The number of nitrogens with zero attached hydrogens (tertiary/aromatic N) is 2.